The molecule has 0 radical (unpaired) electrons. The highest BCUT2D eigenvalue weighted by Gasteiger charge is 2.66. The highest BCUT2D eigenvalue weighted by atomic mass is 32.1. The standard InChI is InChI=1S/C47H52F3N6O6PS/c1-29(2)51-45-54-40(28-64-45)39-24-42(36-20-19-34(61-3)22-38(36)53-39)62-35-23-41-43(57)55-46(63(59,60)27-30-13-8-7-9-14-30)25-32(46)15-10-5-4-6-11-18-37(44(58)56(41)26-35)52-33-17-12-16-31(21-33)47(48,49)50/h7-10,12-17,19-22,24,28-29,32,35,37,41,52H,4-6,11,18,23,25-27H2,1-3H3,(H,51,54)(H,55,57)(H,59,60)/t32-,35-,37+,41+,46+/m1/s1. The number of carbonyl (C=O) groups excluding carboxylic acids is 2. The third-order valence-corrected chi connectivity index (χ3v) is 15.5. The van der Waals surface area contributed by atoms with Gasteiger partial charge in [-0.05, 0) is 75.4 Å². The first-order chi connectivity index (χ1) is 30.6. The minimum absolute atomic E-state index is 0.0211. The largest absolute Gasteiger partial charge is 0.497 e. The van der Waals surface area contributed by atoms with Crippen LogP contribution >= 0.6 is 18.7 Å². The third-order valence-electron chi connectivity index (χ3n) is 12.0. The van der Waals surface area contributed by atoms with Crippen molar-refractivity contribution >= 4 is 52.2 Å². The summed E-state index contributed by atoms with van der Waals surface area (Å²) in [6.07, 6.45) is 1.69. The van der Waals surface area contributed by atoms with Crippen molar-refractivity contribution in [3.63, 3.8) is 0 Å². The maximum atomic E-state index is 15.0. The summed E-state index contributed by atoms with van der Waals surface area (Å²) in [5.41, 5.74) is 1.62. The van der Waals surface area contributed by atoms with Gasteiger partial charge in [0.15, 0.2) is 5.13 Å². The Bertz CT molecular complexity index is 2570. The molecule has 4 N–H and O–H groups in total. The van der Waals surface area contributed by atoms with Crippen LogP contribution in [0.3, 0.4) is 0 Å². The van der Waals surface area contributed by atoms with Crippen LogP contribution in [0.25, 0.3) is 22.3 Å². The molecular weight excluding hydrogens is 865 g/mol. The fourth-order valence-corrected chi connectivity index (χ4v) is 11.9. The van der Waals surface area contributed by atoms with Crippen molar-refractivity contribution in [2.75, 3.05) is 24.3 Å². The Labute approximate surface area is 374 Å². The molecule has 4 heterocycles. The van der Waals surface area contributed by atoms with Gasteiger partial charge in [-0.1, -0.05) is 61.4 Å². The first kappa shape index (κ1) is 45.1. The first-order valence-electron chi connectivity index (χ1n) is 21.6. The lowest BCUT2D eigenvalue weighted by Gasteiger charge is -2.31. The SMILES string of the molecule is COc1ccc2c(O[C@@H]3C[C@H]4C(=O)N[C@]5(P(=O)(O)Cc6ccccc6)C[C@H]5C=CCCCCC[C@H](Nc5cccc(C(F)(F)F)c5)C(=O)N4C3)cc(-c3csc(NC(C)C)n3)nc2c1. The van der Waals surface area contributed by atoms with E-state index in [4.69, 9.17) is 19.4 Å². The number of methoxy groups -OCH3 is 1. The summed E-state index contributed by atoms with van der Waals surface area (Å²) in [7, 11) is -2.56. The molecule has 2 aliphatic heterocycles. The minimum Gasteiger partial charge on any atom is -0.497 e. The number of alkyl halides is 3. The molecule has 1 saturated heterocycles. The minimum atomic E-state index is -4.60. The zero-order valence-corrected chi connectivity index (χ0v) is 37.5. The second-order valence-electron chi connectivity index (χ2n) is 17.1. The maximum Gasteiger partial charge on any atom is 0.416 e. The number of rotatable bonds is 11. The number of halogens is 3. The van der Waals surface area contributed by atoms with E-state index in [1.807, 2.05) is 43.5 Å². The summed E-state index contributed by atoms with van der Waals surface area (Å²) < 4.78 is 68.3. The quantitative estimate of drug-likeness (QED) is 0.0744. The zero-order valence-electron chi connectivity index (χ0n) is 35.8. The van der Waals surface area contributed by atoms with Gasteiger partial charge in [-0.2, -0.15) is 13.2 Å². The second-order valence-corrected chi connectivity index (χ2v) is 20.5. The van der Waals surface area contributed by atoms with E-state index in [1.165, 1.54) is 28.4 Å². The van der Waals surface area contributed by atoms with Gasteiger partial charge in [0.05, 0.1) is 36.6 Å². The van der Waals surface area contributed by atoms with Gasteiger partial charge >= 0.3 is 6.18 Å². The van der Waals surface area contributed by atoms with E-state index in [0.717, 1.165) is 30.1 Å². The molecular formula is C47H52F3N6O6PS. The topological polar surface area (TPSA) is 155 Å². The lowest BCUT2D eigenvalue weighted by atomic mass is 10.0. The van der Waals surface area contributed by atoms with Crippen LogP contribution in [0.15, 0.2) is 96.4 Å². The number of anilines is 2. The smallest absolute Gasteiger partial charge is 0.416 e. The van der Waals surface area contributed by atoms with Crippen molar-refractivity contribution in [2.45, 2.75) is 101 Å². The number of allylic oxidation sites excluding steroid dienone is 1. The number of carbonyl (C=O) groups is 2. The fourth-order valence-electron chi connectivity index (χ4n) is 8.69. The van der Waals surface area contributed by atoms with Crippen molar-refractivity contribution in [1.82, 2.24) is 20.2 Å². The fraction of sp³-hybridized carbons (Fsp3) is 0.404. The molecule has 1 unspecified atom stereocenters. The van der Waals surface area contributed by atoms with E-state index < -0.39 is 60.3 Å². The van der Waals surface area contributed by atoms with Crippen LogP contribution in [0.4, 0.5) is 24.0 Å². The number of pyridine rings is 1. The predicted octanol–water partition coefficient (Wildman–Crippen LogP) is 9.86. The Morgan fingerprint density at radius 1 is 1.02 bits per heavy atom. The number of hydrogen-bond donors (Lipinski definition) is 4. The molecule has 12 nitrogen and oxygen atoms in total. The molecule has 1 saturated carbocycles. The summed E-state index contributed by atoms with van der Waals surface area (Å²) in [5, 5.41) is 11.2. The average molecular weight is 917 g/mol. The van der Waals surface area contributed by atoms with Crippen molar-refractivity contribution in [3.8, 4) is 22.9 Å². The number of hydrogen-bond acceptors (Lipinski definition) is 10. The van der Waals surface area contributed by atoms with Crippen molar-refractivity contribution in [3.05, 3.63) is 108 Å². The molecule has 6 atom stereocenters. The van der Waals surface area contributed by atoms with Gasteiger partial charge in [-0.25, -0.2) is 9.97 Å². The number of amides is 2. The average Bonchev–Trinajstić information content (AvgIpc) is 3.53. The van der Waals surface area contributed by atoms with Crippen LogP contribution < -0.4 is 25.4 Å². The van der Waals surface area contributed by atoms with Crippen molar-refractivity contribution < 1.29 is 41.7 Å². The van der Waals surface area contributed by atoms with Crippen LogP contribution in [-0.4, -0.2) is 74.7 Å². The van der Waals surface area contributed by atoms with E-state index in [0.29, 0.717) is 52.2 Å². The monoisotopic (exact) mass is 916 g/mol. The molecule has 0 bridgehead atoms. The number of nitrogens with one attached hydrogen (secondary N) is 3. The number of benzene rings is 3. The summed E-state index contributed by atoms with van der Waals surface area (Å²) in [6.45, 7) is 3.99. The van der Waals surface area contributed by atoms with Crippen LogP contribution in [0.5, 0.6) is 11.5 Å². The van der Waals surface area contributed by atoms with E-state index in [-0.39, 0.29) is 43.7 Å². The van der Waals surface area contributed by atoms with Crippen LogP contribution in [0.1, 0.15) is 69.9 Å². The Balaban J connectivity index is 1.16. The Morgan fingerprint density at radius 2 is 1.83 bits per heavy atom. The molecule has 5 aromatic rings. The van der Waals surface area contributed by atoms with Crippen molar-refractivity contribution in [2.24, 2.45) is 5.92 Å². The first-order valence-corrected chi connectivity index (χ1v) is 24.3. The summed E-state index contributed by atoms with van der Waals surface area (Å²) in [4.78, 5) is 52.8. The Hall–Kier alpha value is -5.44. The highest BCUT2D eigenvalue weighted by Crippen LogP contribution is 2.71. The molecule has 338 valence electrons. The molecule has 1 aliphatic carbocycles. The third kappa shape index (κ3) is 9.94. The summed E-state index contributed by atoms with van der Waals surface area (Å²) in [6, 6.07) is 18.9. The summed E-state index contributed by atoms with van der Waals surface area (Å²) >= 11 is 1.44. The van der Waals surface area contributed by atoms with Gasteiger partial charge in [0, 0.05) is 47.0 Å². The summed E-state index contributed by atoms with van der Waals surface area (Å²) in [5.74, 6) is -0.503. The van der Waals surface area contributed by atoms with Gasteiger partial charge in [-0.15, -0.1) is 11.3 Å². The van der Waals surface area contributed by atoms with Gasteiger partial charge < -0.3 is 35.2 Å². The van der Waals surface area contributed by atoms with E-state index in [9.17, 15) is 32.2 Å². The Kier molecular flexibility index (Phi) is 13.1. The van der Waals surface area contributed by atoms with Crippen LogP contribution in [0, 0.1) is 5.92 Å². The van der Waals surface area contributed by atoms with Gasteiger partial charge in [0.2, 0.25) is 19.2 Å². The Morgan fingerprint density at radius 3 is 2.59 bits per heavy atom. The molecule has 2 aromatic heterocycles. The van der Waals surface area contributed by atoms with Gasteiger partial charge in [0.1, 0.15) is 40.7 Å². The number of fused-ring (bicyclic) bond motifs is 3. The molecule has 17 heteroatoms. The predicted molar refractivity (Wildman–Crippen MR) is 243 cm³/mol. The maximum absolute atomic E-state index is 15.0. The van der Waals surface area contributed by atoms with Gasteiger partial charge in [0.25, 0.3) is 0 Å². The number of nitrogens with zero attached hydrogens (tertiary/aromatic N) is 3. The molecule has 3 aromatic carbocycles. The van der Waals surface area contributed by atoms with E-state index in [1.54, 1.807) is 49.6 Å². The lowest BCUT2D eigenvalue weighted by Crippen LogP contribution is -2.53. The molecule has 64 heavy (non-hydrogen) atoms. The lowest BCUT2D eigenvalue weighted by molar-refractivity contribution is -0.139. The highest BCUT2D eigenvalue weighted by molar-refractivity contribution is 7.59. The van der Waals surface area contributed by atoms with E-state index >= 15 is 0 Å². The molecule has 2 amide bonds. The van der Waals surface area contributed by atoms with Crippen LogP contribution in [-0.2, 0) is 26.5 Å². The van der Waals surface area contributed by atoms with Crippen LogP contribution in [0.2, 0.25) is 0 Å². The molecule has 0 spiro atoms. The molecule has 2 fully saturated rings. The molecule has 3 aliphatic rings. The normalized spacial score (nSPS) is 23.9. The van der Waals surface area contributed by atoms with E-state index in [2.05, 4.69) is 16.0 Å². The molecule has 8 rings (SSSR count). The number of aromatic nitrogens is 2. The van der Waals surface area contributed by atoms with Gasteiger partial charge in [-0.3, -0.25) is 14.2 Å². The second kappa shape index (κ2) is 18.6. The van der Waals surface area contributed by atoms with Crippen molar-refractivity contribution in [1.29, 1.82) is 0 Å². The zero-order chi connectivity index (χ0) is 45.2. The number of ether oxygens (including phenoxy) is 2. The number of thiazole rings is 1.